The third-order valence-corrected chi connectivity index (χ3v) is 2.78. The Morgan fingerprint density at radius 3 is 2.90 bits per heavy atom. The van der Waals surface area contributed by atoms with Crippen LogP contribution in [0.5, 0.6) is 0 Å². The lowest BCUT2D eigenvalue weighted by Gasteiger charge is -2.09. The van der Waals surface area contributed by atoms with Crippen LogP contribution in [-0.2, 0) is 6.54 Å². The molecule has 1 aromatic carbocycles. The topological polar surface area (TPSA) is 89.3 Å². The summed E-state index contributed by atoms with van der Waals surface area (Å²) in [7, 11) is 0. The number of aliphatic imine (C=N–C) groups is 1. The molecule has 0 saturated heterocycles. The minimum atomic E-state index is 0.267. The van der Waals surface area contributed by atoms with Crippen LogP contribution in [0.4, 0.5) is 5.69 Å². The van der Waals surface area contributed by atoms with E-state index in [0.717, 1.165) is 5.69 Å². The van der Waals surface area contributed by atoms with Gasteiger partial charge in [-0.2, -0.15) is 4.98 Å². The molecule has 0 atom stereocenters. The number of nitrogens with two attached hydrogens (primary N) is 1. The average molecular weight is 273 g/mol. The zero-order valence-electron chi connectivity index (χ0n) is 11.9. The van der Waals surface area contributed by atoms with E-state index in [0.29, 0.717) is 23.6 Å². The highest BCUT2D eigenvalue weighted by atomic mass is 16.5. The Kier molecular flexibility index (Phi) is 4.34. The predicted octanol–water partition coefficient (Wildman–Crippen LogP) is 2.43. The van der Waals surface area contributed by atoms with Crippen LogP contribution < -0.4 is 11.1 Å². The average Bonchev–Trinajstić information content (AvgIpc) is 2.82. The minimum Gasteiger partial charge on any atom is -0.370 e. The van der Waals surface area contributed by atoms with Gasteiger partial charge in [0.1, 0.15) is 6.54 Å². The maximum Gasteiger partial charge on any atom is 0.248 e. The molecule has 6 heteroatoms. The van der Waals surface area contributed by atoms with Crippen molar-refractivity contribution in [3.63, 3.8) is 0 Å². The Labute approximate surface area is 118 Å². The van der Waals surface area contributed by atoms with Gasteiger partial charge in [-0.1, -0.05) is 31.1 Å². The number of hydrogen-bond acceptors (Lipinski definition) is 4. The second-order valence-electron chi connectivity index (χ2n) is 4.84. The van der Waals surface area contributed by atoms with Crippen molar-refractivity contribution in [1.82, 2.24) is 10.1 Å². The van der Waals surface area contributed by atoms with E-state index < -0.39 is 0 Å². The van der Waals surface area contributed by atoms with Gasteiger partial charge in [0.2, 0.25) is 5.89 Å². The molecule has 0 unspecified atom stereocenters. The van der Waals surface area contributed by atoms with Crippen LogP contribution >= 0.6 is 0 Å². The molecule has 1 aromatic heterocycles. The van der Waals surface area contributed by atoms with Crippen molar-refractivity contribution in [2.24, 2.45) is 10.7 Å². The van der Waals surface area contributed by atoms with Crippen molar-refractivity contribution in [3.8, 4) is 0 Å². The standard InChI is InChI=1S/C14H19N5O/c1-9(2)11-5-4-6-12(7-11)18-14(15)16-8-13-17-10(3)19-20-13/h4-7,9H,8H2,1-3H3,(H3,15,16,18). The Balaban J connectivity index is 2.00. The molecule has 6 nitrogen and oxygen atoms in total. The van der Waals surface area contributed by atoms with Gasteiger partial charge in [0.05, 0.1) is 0 Å². The fraction of sp³-hybridized carbons (Fsp3) is 0.357. The van der Waals surface area contributed by atoms with Crippen LogP contribution in [0.3, 0.4) is 0 Å². The van der Waals surface area contributed by atoms with E-state index in [2.05, 4.69) is 46.4 Å². The Hall–Kier alpha value is -2.37. The first kappa shape index (κ1) is 14.0. The summed E-state index contributed by atoms with van der Waals surface area (Å²) >= 11 is 0. The SMILES string of the molecule is Cc1noc(CN=C(N)Nc2cccc(C(C)C)c2)n1. The smallest absolute Gasteiger partial charge is 0.248 e. The summed E-state index contributed by atoms with van der Waals surface area (Å²) in [5, 5.41) is 6.75. The summed E-state index contributed by atoms with van der Waals surface area (Å²) in [6, 6.07) is 8.09. The van der Waals surface area contributed by atoms with Gasteiger partial charge in [-0.25, -0.2) is 4.99 Å². The summed E-state index contributed by atoms with van der Waals surface area (Å²) in [6.07, 6.45) is 0. The Morgan fingerprint density at radius 2 is 2.25 bits per heavy atom. The van der Waals surface area contributed by atoms with Crippen molar-refractivity contribution in [1.29, 1.82) is 0 Å². The predicted molar refractivity (Wildman–Crippen MR) is 78.5 cm³/mol. The number of anilines is 1. The van der Waals surface area contributed by atoms with E-state index >= 15 is 0 Å². The number of rotatable bonds is 4. The number of hydrogen-bond donors (Lipinski definition) is 2. The lowest BCUT2D eigenvalue weighted by atomic mass is 10.0. The summed E-state index contributed by atoms with van der Waals surface area (Å²) in [6.45, 7) is 6.32. The molecule has 3 N–H and O–H groups in total. The first-order valence-corrected chi connectivity index (χ1v) is 6.50. The number of benzene rings is 1. The lowest BCUT2D eigenvalue weighted by molar-refractivity contribution is 0.376. The molecule has 106 valence electrons. The molecule has 1 heterocycles. The highest BCUT2D eigenvalue weighted by Gasteiger charge is 2.03. The lowest BCUT2D eigenvalue weighted by Crippen LogP contribution is -2.22. The zero-order valence-corrected chi connectivity index (χ0v) is 11.9. The van der Waals surface area contributed by atoms with E-state index in [-0.39, 0.29) is 6.54 Å². The molecule has 0 aliphatic carbocycles. The number of nitrogens with one attached hydrogen (secondary N) is 1. The summed E-state index contributed by atoms with van der Waals surface area (Å²) in [5.74, 6) is 1.83. The summed E-state index contributed by atoms with van der Waals surface area (Å²) in [5.41, 5.74) is 8.00. The number of aromatic nitrogens is 2. The van der Waals surface area contributed by atoms with Crippen molar-refractivity contribution in [2.75, 3.05) is 5.32 Å². The van der Waals surface area contributed by atoms with E-state index in [9.17, 15) is 0 Å². The van der Waals surface area contributed by atoms with Crippen LogP contribution in [0.1, 0.15) is 37.0 Å². The summed E-state index contributed by atoms with van der Waals surface area (Å²) < 4.78 is 4.96. The molecule has 20 heavy (non-hydrogen) atoms. The van der Waals surface area contributed by atoms with Crippen molar-refractivity contribution in [2.45, 2.75) is 33.2 Å². The molecule has 2 aromatic rings. The van der Waals surface area contributed by atoms with Crippen molar-refractivity contribution < 1.29 is 4.52 Å². The van der Waals surface area contributed by atoms with Crippen LogP contribution in [0.2, 0.25) is 0 Å². The van der Waals surface area contributed by atoms with Gasteiger partial charge < -0.3 is 15.6 Å². The maximum absolute atomic E-state index is 5.84. The highest BCUT2D eigenvalue weighted by molar-refractivity contribution is 5.92. The van der Waals surface area contributed by atoms with Gasteiger partial charge in [-0.15, -0.1) is 0 Å². The van der Waals surface area contributed by atoms with Gasteiger partial charge in [0.25, 0.3) is 0 Å². The van der Waals surface area contributed by atoms with E-state index in [1.54, 1.807) is 6.92 Å². The fourth-order valence-electron chi connectivity index (χ4n) is 1.72. The van der Waals surface area contributed by atoms with Gasteiger partial charge in [-0.05, 0) is 30.5 Å². The first-order chi connectivity index (χ1) is 9.54. The maximum atomic E-state index is 5.84. The quantitative estimate of drug-likeness (QED) is 0.659. The third-order valence-electron chi connectivity index (χ3n) is 2.78. The zero-order chi connectivity index (χ0) is 14.5. The molecule has 2 rings (SSSR count). The van der Waals surface area contributed by atoms with Gasteiger partial charge in [0, 0.05) is 5.69 Å². The Bertz CT molecular complexity index is 603. The second kappa shape index (κ2) is 6.18. The first-order valence-electron chi connectivity index (χ1n) is 6.50. The van der Waals surface area contributed by atoms with Crippen LogP contribution in [0.15, 0.2) is 33.8 Å². The van der Waals surface area contributed by atoms with Crippen molar-refractivity contribution in [3.05, 3.63) is 41.5 Å². The van der Waals surface area contributed by atoms with Gasteiger partial charge in [0.15, 0.2) is 11.8 Å². The van der Waals surface area contributed by atoms with Crippen LogP contribution in [0.25, 0.3) is 0 Å². The molecular formula is C14H19N5O. The number of nitrogens with zero attached hydrogens (tertiary/aromatic N) is 3. The van der Waals surface area contributed by atoms with E-state index in [1.165, 1.54) is 5.56 Å². The molecule has 0 fully saturated rings. The highest BCUT2D eigenvalue weighted by Crippen LogP contribution is 2.18. The van der Waals surface area contributed by atoms with Gasteiger partial charge in [-0.3, -0.25) is 0 Å². The molecule has 0 saturated carbocycles. The molecule has 0 aliphatic heterocycles. The normalized spacial score (nSPS) is 11.9. The van der Waals surface area contributed by atoms with Crippen molar-refractivity contribution >= 4 is 11.6 Å². The van der Waals surface area contributed by atoms with Crippen LogP contribution in [-0.4, -0.2) is 16.1 Å². The molecule has 0 spiro atoms. The Morgan fingerprint density at radius 1 is 1.45 bits per heavy atom. The molecule has 0 radical (unpaired) electrons. The van der Waals surface area contributed by atoms with E-state index in [1.807, 2.05) is 12.1 Å². The second-order valence-corrected chi connectivity index (χ2v) is 4.84. The van der Waals surface area contributed by atoms with Gasteiger partial charge >= 0.3 is 0 Å². The number of aryl methyl sites for hydroxylation is 1. The fourth-order valence-corrected chi connectivity index (χ4v) is 1.72. The largest absolute Gasteiger partial charge is 0.370 e. The van der Waals surface area contributed by atoms with Crippen LogP contribution in [0, 0.1) is 6.92 Å². The number of guanidine groups is 1. The monoisotopic (exact) mass is 273 g/mol. The minimum absolute atomic E-state index is 0.267. The molecule has 0 aliphatic rings. The molecular weight excluding hydrogens is 254 g/mol. The van der Waals surface area contributed by atoms with E-state index in [4.69, 9.17) is 10.3 Å². The molecule has 0 bridgehead atoms. The third kappa shape index (κ3) is 3.81. The molecule has 0 amide bonds. The summed E-state index contributed by atoms with van der Waals surface area (Å²) in [4.78, 5) is 8.22.